The first-order chi connectivity index (χ1) is 8.04. The normalized spacial score (nSPS) is 14.1. The Balaban J connectivity index is 2.54. The van der Waals surface area contributed by atoms with Crippen LogP contribution in [0.3, 0.4) is 0 Å². The zero-order chi connectivity index (χ0) is 12.8. The van der Waals surface area contributed by atoms with E-state index in [1.165, 1.54) is 13.3 Å². The number of pyridine rings is 1. The zero-order valence-electron chi connectivity index (χ0n) is 10.2. The fourth-order valence-corrected chi connectivity index (χ4v) is 1.99. The van der Waals surface area contributed by atoms with Crippen molar-refractivity contribution in [1.29, 1.82) is 0 Å². The van der Waals surface area contributed by atoms with Crippen LogP contribution in [0.15, 0.2) is 18.3 Å². The lowest BCUT2D eigenvalue weighted by Gasteiger charge is -2.13. The third kappa shape index (κ3) is 4.36. The lowest BCUT2D eigenvalue weighted by Crippen LogP contribution is -2.15. The number of esters is 1. The Labute approximate surface area is 105 Å². The number of hydrogen-bond acceptors (Lipinski definition) is 5. The molecule has 0 aliphatic rings. The molecule has 94 valence electrons. The predicted octanol–water partition coefficient (Wildman–Crippen LogP) is 1.87. The number of aliphatic hydroxyl groups excluding tert-OH is 1. The van der Waals surface area contributed by atoms with Crippen LogP contribution in [0.1, 0.15) is 29.9 Å². The standard InChI is InChI=1S/C12H17NO3S/c1-8(14)9(2)17-7-11-5-4-10(6-13-11)12(15)16-3/h4-6,8-9,14H,7H2,1-3H3. The van der Waals surface area contributed by atoms with E-state index >= 15 is 0 Å². The molecule has 0 amide bonds. The van der Waals surface area contributed by atoms with Gasteiger partial charge in [-0.15, -0.1) is 11.8 Å². The maximum absolute atomic E-state index is 11.2. The number of ether oxygens (including phenoxy) is 1. The van der Waals surface area contributed by atoms with E-state index in [-0.39, 0.29) is 17.3 Å². The van der Waals surface area contributed by atoms with Gasteiger partial charge in [0.1, 0.15) is 0 Å². The molecular formula is C12H17NO3S. The van der Waals surface area contributed by atoms with E-state index in [0.29, 0.717) is 11.3 Å². The Morgan fingerprint density at radius 3 is 2.71 bits per heavy atom. The second kappa shape index (κ2) is 6.61. The number of methoxy groups -OCH3 is 1. The van der Waals surface area contributed by atoms with Crippen molar-refractivity contribution < 1.29 is 14.6 Å². The molecule has 0 saturated carbocycles. The summed E-state index contributed by atoms with van der Waals surface area (Å²) >= 11 is 1.63. The summed E-state index contributed by atoms with van der Waals surface area (Å²) in [5.41, 5.74) is 1.33. The fraction of sp³-hybridized carbons (Fsp3) is 0.500. The van der Waals surface area contributed by atoms with Gasteiger partial charge in [-0.3, -0.25) is 4.98 Å². The van der Waals surface area contributed by atoms with Crippen molar-refractivity contribution >= 4 is 17.7 Å². The third-order valence-electron chi connectivity index (χ3n) is 2.42. The monoisotopic (exact) mass is 255 g/mol. The SMILES string of the molecule is COC(=O)c1ccc(CSC(C)C(C)O)nc1. The molecule has 5 heteroatoms. The van der Waals surface area contributed by atoms with Gasteiger partial charge < -0.3 is 9.84 Å². The molecule has 0 aromatic carbocycles. The van der Waals surface area contributed by atoms with Gasteiger partial charge in [-0.05, 0) is 19.1 Å². The maximum atomic E-state index is 11.2. The summed E-state index contributed by atoms with van der Waals surface area (Å²) in [6, 6.07) is 3.50. The van der Waals surface area contributed by atoms with E-state index < -0.39 is 0 Å². The molecule has 0 radical (unpaired) electrons. The van der Waals surface area contributed by atoms with Gasteiger partial charge in [0.15, 0.2) is 0 Å². The quantitative estimate of drug-likeness (QED) is 0.814. The smallest absolute Gasteiger partial charge is 0.339 e. The van der Waals surface area contributed by atoms with Crippen molar-refractivity contribution in [1.82, 2.24) is 4.98 Å². The highest BCUT2D eigenvalue weighted by Gasteiger charge is 2.10. The van der Waals surface area contributed by atoms with E-state index in [1.807, 2.05) is 6.92 Å². The van der Waals surface area contributed by atoms with Crippen LogP contribution in [0.2, 0.25) is 0 Å². The van der Waals surface area contributed by atoms with E-state index in [4.69, 9.17) is 0 Å². The molecule has 1 heterocycles. The first-order valence-electron chi connectivity index (χ1n) is 5.37. The van der Waals surface area contributed by atoms with Gasteiger partial charge >= 0.3 is 5.97 Å². The highest BCUT2D eigenvalue weighted by molar-refractivity contribution is 7.99. The molecule has 1 aromatic rings. The highest BCUT2D eigenvalue weighted by atomic mass is 32.2. The number of nitrogens with zero attached hydrogens (tertiary/aromatic N) is 1. The van der Waals surface area contributed by atoms with Gasteiger partial charge in [0.25, 0.3) is 0 Å². The van der Waals surface area contributed by atoms with Gasteiger partial charge in [0.2, 0.25) is 0 Å². The van der Waals surface area contributed by atoms with E-state index in [2.05, 4.69) is 9.72 Å². The number of hydrogen-bond donors (Lipinski definition) is 1. The average Bonchev–Trinajstić information content (AvgIpc) is 2.35. The minimum Gasteiger partial charge on any atom is -0.465 e. The van der Waals surface area contributed by atoms with Crippen LogP contribution in [-0.4, -0.2) is 34.5 Å². The van der Waals surface area contributed by atoms with Crippen molar-refractivity contribution in [3.63, 3.8) is 0 Å². The molecule has 0 bridgehead atoms. The van der Waals surface area contributed by atoms with Crippen LogP contribution < -0.4 is 0 Å². The molecule has 0 aliphatic carbocycles. The number of aromatic nitrogens is 1. The minimum atomic E-state index is -0.381. The van der Waals surface area contributed by atoms with Crippen molar-refractivity contribution in [2.24, 2.45) is 0 Å². The lowest BCUT2D eigenvalue weighted by molar-refractivity contribution is 0.0600. The van der Waals surface area contributed by atoms with Crippen LogP contribution >= 0.6 is 11.8 Å². The summed E-state index contributed by atoms with van der Waals surface area (Å²) in [7, 11) is 1.34. The Hall–Kier alpha value is -1.07. The lowest BCUT2D eigenvalue weighted by atomic mass is 10.2. The van der Waals surface area contributed by atoms with E-state index in [1.54, 1.807) is 30.8 Å². The van der Waals surface area contributed by atoms with Crippen LogP contribution in [0.25, 0.3) is 0 Å². The summed E-state index contributed by atoms with van der Waals surface area (Å²) in [6.07, 6.45) is 1.17. The summed E-state index contributed by atoms with van der Waals surface area (Å²) in [4.78, 5) is 15.4. The van der Waals surface area contributed by atoms with Crippen molar-refractivity contribution in [3.05, 3.63) is 29.6 Å². The van der Waals surface area contributed by atoms with Crippen LogP contribution in [0.4, 0.5) is 0 Å². The van der Waals surface area contributed by atoms with Crippen LogP contribution in [0, 0.1) is 0 Å². The Morgan fingerprint density at radius 1 is 1.53 bits per heavy atom. The van der Waals surface area contributed by atoms with Gasteiger partial charge in [0.05, 0.1) is 24.5 Å². The van der Waals surface area contributed by atoms with Gasteiger partial charge in [0, 0.05) is 17.2 Å². The van der Waals surface area contributed by atoms with Crippen LogP contribution in [-0.2, 0) is 10.5 Å². The third-order valence-corrected chi connectivity index (χ3v) is 3.80. The molecule has 1 rings (SSSR count). The van der Waals surface area contributed by atoms with E-state index in [0.717, 1.165) is 5.69 Å². The summed E-state index contributed by atoms with van der Waals surface area (Å²) in [5.74, 6) is 0.335. The average molecular weight is 255 g/mol. The molecule has 17 heavy (non-hydrogen) atoms. The molecule has 1 aromatic heterocycles. The molecule has 0 spiro atoms. The summed E-state index contributed by atoms with van der Waals surface area (Å²) in [6.45, 7) is 3.74. The van der Waals surface area contributed by atoms with Crippen molar-refractivity contribution in [3.8, 4) is 0 Å². The van der Waals surface area contributed by atoms with Crippen molar-refractivity contribution in [2.75, 3.05) is 7.11 Å². The molecule has 1 N–H and O–H groups in total. The molecule has 2 unspecified atom stereocenters. The topological polar surface area (TPSA) is 59.4 Å². The second-order valence-electron chi connectivity index (χ2n) is 3.79. The largest absolute Gasteiger partial charge is 0.465 e. The minimum absolute atomic E-state index is 0.164. The Kier molecular flexibility index (Phi) is 5.44. The summed E-state index contributed by atoms with van der Waals surface area (Å²) in [5, 5.41) is 9.51. The summed E-state index contributed by atoms with van der Waals surface area (Å²) < 4.78 is 4.59. The number of rotatable bonds is 5. The fourth-order valence-electron chi connectivity index (χ4n) is 1.10. The number of aliphatic hydroxyl groups is 1. The second-order valence-corrected chi connectivity index (χ2v) is 5.15. The first kappa shape index (κ1) is 14.0. The Bertz CT molecular complexity index is 365. The highest BCUT2D eigenvalue weighted by Crippen LogP contribution is 2.19. The molecule has 0 saturated heterocycles. The maximum Gasteiger partial charge on any atom is 0.339 e. The molecule has 2 atom stereocenters. The van der Waals surface area contributed by atoms with Gasteiger partial charge in [-0.25, -0.2) is 4.79 Å². The van der Waals surface area contributed by atoms with Crippen LogP contribution in [0.5, 0.6) is 0 Å². The van der Waals surface area contributed by atoms with Crippen molar-refractivity contribution in [2.45, 2.75) is 31.0 Å². The number of thioether (sulfide) groups is 1. The molecule has 0 fully saturated rings. The van der Waals surface area contributed by atoms with Gasteiger partial charge in [-0.2, -0.15) is 0 Å². The Morgan fingerprint density at radius 2 is 2.24 bits per heavy atom. The van der Waals surface area contributed by atoms with E-state index in [9.17, 15) is 9.90 Å². The number of carbonyl (C=O) groups excluding carboxylic acids is 1. The molecule has 0 aliphatic heterocycles. The zero-order valence-corrected chi connectivity index (χ0v) is 11.0. The molecule has 4 nitrogen and oxygen atoms in total. The predicted molar refractivity (Wildman–Crippen MR) is 68.0 cm³/mol. The molecular weight excluding hydrogens is 238 g/mol. The first-order valence-corrected chi connectivity index (χ1v) is 6.42. The number of carbonyl (C=O) groups is 1. The van der Waals surface area contributed by atoms with Gasteiger partial charge in [-0.1, -0.05) is 6.92 Å².